The second-order valence-corrected chi connectivity index (χ2v) is 5.63. The molecule has 118 valence electrons. The molecule has 0 aliphatic heterocycles. The second-order valence-electron chi connectivity index (χ2n) is 4.35. The minimum Gasteiger partial charge on any atom is -0.329 e. The van der Waals surface area contributed by atoms with Gasteiger partial charge >= 0.3 is 0 Å². The zero-order chi connectivity index (χ0) is 15.4. The van der Waals surface area contributed by atoms with Crippen LogP contribution in [0.5, 0.6) is 0 Å². The molecule has 2 aromatic carbocycles. The van der Waals surface area contributed by atoms with Crippen LogP contribution in [0.15, 0.2) is 42.5 Å². The Morgan fingerprint density at radius 1 is 1.00 bits per heavy atom. The van der Waals surface area contributed by atoms with Gasteiger partial charge in [0.1, 0.15) is 0 Å². The zero-order valence-corrected chi connectivity index (χ0v) is 14.5. The number of carbonyl (C=O) groups excluding carboxylic acids is 1. The van der Waals surface area contributed by atoms with E-state index in [0.29, 0.717) is 39.4 Å². The maximum absolute atomic E-state index is 12.7. The van der Waals surface area contributed by atoms with Gasteiger partial charge in [-0.15, -0.1) is 12.4 Å². The van der Waals surface area contributed by atoms with Gasteiger partial charge in [0.15, 0.2) is 0 Å². The number of benzene rings is 2. The molecule has 3 nitrogen and oxygen atoms in total. The van der Waals surface area contributed by atoms with Gasteiger partial charge in [-0.25, -0.2) is 0 Å². The van der Waals surface area contributed by atoms with Gasteiger partial charge in [0.25, 0.3) is 5.91 Å². The van der Waals surface area contributed by atoms with Crippen molar-refractivity contribution in [1.82, 2.24) is 0 Å². The lowest BCUT2D eigenvalue weighted by Gasteiger charge is -2.23. The van der Waals surface area contributed by atoms with Crippen LogP contribution in [0.3, 0.4) is 0 Å². The van der Waals surface area contributed by atoms with E-state index < -0.39 is 0 Å². The molecule has 0 heterocycles. The monoisotopic (exact) mass is 378 g/mol. The number of nitrogens with two attached hydrogens (primary N) is 1. The normalized spacial score (nSPS) is 10.0. The maximum atomic E-state index is 12.7. The van der Waals surface area contributed by atoms with Crippen molar-refractivity contribution in [2.24, 2.45) is 5.73 Å². The van der Waals surface area contributed by atoms with E-state index in [-0.39, 0.29) is 18.3 Å². The smallest absolute Gasteiger partial charge is 0.259 e. The molecule has 0 unspecified atom stereocenters. The van der Waals surface area contributed by atoms with Gasteiger partial charge in [-0.05, 0) is 42.5 Å². The predicted molar refractivity (Wildman–Crippen MR) is 95.9 cm³/mol. The predicted octanol–water partition coefficient (Wildman–Crippen LogP) is 4.67. The molecule has 0 bridgehead atoms. The topological polar surface area (TPSA) is 46.3 Å². The molecule has 0 aliphatic rings. The van der Waals surface area contributed by atoms with Gasteiger partial charge in [-0.3, -0.25) is 4.79 Å². The number of amides is 1. The van der Waals surface area contributed by atoms with Gasteiger partial charge < -0.3 is 10.6 Å². The Labute approximate surface area is 150 Å². The fraction of sp³-hybridized carbons (Fsp3) is 0.133. The Morgan fingerprint density at radius 2 is 1.59 bits per heavy atom. The van der Waals surface area contributed by atoms with Crippen LogP contribution in [0.4, 0.5) is 5.69 Å². The van der Waals surface area contributed by atoms with E-state index in [1.807, 2.05) is 0 Å². The molecule has 0 aromatic heterocycles. The molecule has 0 saturated heterocycles. The third-order valence-electron chi connectivity index (χ3n) is 2.89. The first kappa shape index (κ1) is 19.1. The quantitative estimate of drug-likeness (QED) is 0.838. The van der Waals surface area contributed by atoms with Crippen LogP contribution in [0.25, 0.3) is 0 Å². The van der Waals surface area contributed by atoms with Gasteiger partial charge in [0.2, 0.25) is 0 Å². The molecule has 2 N–H and O–H groups in total. The Kier molecular flexibility index (Phi) is 7.46. The van der Waals surface area contributed by atoms with E-state index >= 15 is 0 Å². The molecule has 0 radical (unpaired) electrons. The highest BCUT2D eigenvalue weighted by molar-refractivity contribution is 6.36. The van der Waals surface area contributed by atoms with E-state index in [1.54, 1.807) is 47.4 Å². The summed E-state index contributed by atoms with van der Waals surface area (Å²) >= 11 is 17.9. The molecule has 2 rings (SSSR count). The summed E-state index contributed by atoms with van der Waals surface area (Å²) in [6.07, 6.45) is 0. The zero-order valence-electron chi connectivity index (χ0n) is 11.4. The average molecular weight is 380 g/mol. The number of nitrogens with zero attached hydrogens (tertiary/aromatic N) is 1. The van der Waals surface area contributed by atoms with Crippen LogP contribution >= 0.6 is 47.2 Å². The van der Waals surface area contributed by atoms with E-state index in [2.05, 4.69) is 0 Å². The Balaban J connectivity index is 0.00000242. The Morgan fingerprint density at radius 3 is 2.18 bits per heavy atom. The van der Waals surface area contributed by atoms with Gasteiger partial charge in [-0.1, -0.05) is 34.8 Å². The summed E-state index contributed by atoms with van der Waals surface area (Å²) in [7, 11) is 0. The van der Waals surface area contributed by atoms with E-state index in [9.17, 15) is 4.79 Å². The summed E-state index contributed by atoms with van der Waals surface area (Å²) in [4.78, 5) is 14.2. The highest BCUT2D eigenvalue weighted by Gasteiger charge is 2.20. The molecule has 0 atom stereocenters. The first-order chi connectivity index (χ1) is 10.0. The molecule has 0 saturated carbocycles. The molecule has 2 aromatic rings. The number of hydrogen-bond donors (Lipinski definition) is 1. The summed E-state index contributed by atoms with van der Waals surface area (Å²) in [5.74, 6) is -0.254. The van der Waals surface area contributed by atoms with Crippen molar-refractivity contribution in [3.8, 4) is 0 Å². The molecular formula is C15H14Cl4N2O. The van der Waals surface area contributed by atoms with E-state index in [1.165, 1.54) is 0 Å². The summed E-state index contributed by atoms with van der Waals surface area (Å²) in [6, 6.07) is 11.7. The molecule has 0 spiro atoms. The largest absolute Gasteiger partial charge is 0.329 e. The van der Waals surface area contributed by atoms with Crippen molar-refractivity contribution in [1.29, 1.82) is 0 Å². The van der Waals surface area contributed by atoms with Gasteiger partial charge in [0, 0.05) is 28.8 Å². The minimum absolute atomic E-state index is 0. The van der Waals surface area contributed by atoms with Crippen LogP contribution in [0.2, 0.25) is 15.1 Å². The summed E-state index contributed by atoms with van der Waals surface area (Å²) in [5, 5.41) is 1.40. The molecule has 22 heavy (non-hydrogen) atoms. The first-order valence-electron chi connectivity index (χ1n) is 6.25. The second kappa shape index (κ2) is 8.61. The van der Waals surface area contributed by atoms with Crippen LogP contribution in [0, 0.1) is 0 Å². The fourth-order valence-electron chi connectivity index (χ4n) is 1.90. The number of halogens is 4. The van der Waals surface area contributed by atoms with E-state index in [4.69, 9.17) is 40.5 Å². The Hall–Kier alpha value is -0.970. The van der Waals surface area contributed by atoms with Crippen LogP contribution in [-0.4, -0.2) is 19.0 Å². The molecule has 0 fully saturated rings. The molecule has 1 amide bonds. The number of rotatable bonds is 4. The summed E-state index contributed by atoms with van der Waals surface area (Å²) in [6.45, 7) is 0.690. The number of anilines is 1. The van der Waals surface area contributed by atoms with Gasteiger partial charge in [-0.2, -0.15) is 0 Å². The third-order valence-corrected chi connectivity index (χ3v) is 3.71. The van der Waals surface area contributed by atoms with Crippen molar-refractivity contribution in [3.63, 3.8) is 0 Å². The van der Waals surface area contributed by atoms with Crippen molar-refractivity contribution in [2.75, 3.05) is 18.0 Å². The molecular weight excluding hydrogens is 366 g/mol. The SMILES string of the molecule is Cl.NCCN(C(=O)c1cc(Cl)ccc1Cl)c1ccc(Cl)cc1. The lowest BCUT2D eigenvalue weighted by molar-refractivity contribution is 0.0987. The summed E-state index contributed by atoms with van der Waals surface area (Å²) in [5.41, 5.74) is 6.64. The Bertz CT molecular complexity index is 646. The average Bonchev–Trinajstić information content (AvgIpc) is 2.48. The lowest BCUT2D eigenvalue weighted by Crippen LogP contribution is -2.35. The first-order valence-corrected chi connectivity index (χ1v) is 7.39. The highest BCUT2D eigenvalue weighted by Crippen LogP contribution is 2.25. The standard InChI is InChI=1S/C15H13Cl3N2O.ClH/c16-10-1-4-12(5-2-10)20(8-7-19)15(21)13-9-11(17)3-6-14(13)18;/h1-6,9H,7-8,19H2;1H. The maximum Gasteiger partial charge on any atom is 0.259 e. The molecule has 0 aliphatic carbocycles. The van der Waals surface area contributed by atoms with Gasteiger partial charge in [0.05, 0.1) is 10.6 Å². The minimum atomic E-state index is -0.254. The van der Waals surface area contributed by atoms with E-state index in [0.717, 1.165) is 0 Å². The number of hydrogen-bond acceptors (Lipinski definition) is 2. The van der Waals surface area contributed by atoms with Crippen molar-refractivity contribution < 1.29 is 4.79 Å². The summed E-state index contributed by atoms with van der Waals surface area (Å²) < 4.78 is 0. The van der Waals surface area contributed by atoms with Crippen LogP contribution < -0.4 is 10.6 Å². The van der Waals surface area contributed by atoms with Crippen LogP contribution in [0.1, 0.15) is 10.4 Å². The van der Waals surface area contributed by atoms with Crippen molar-refractivity contribution >= 4 is 58.8 Å². The molecule has 7 heteroatoms. The number of carbonyl (C=O) groups is 1. The van der Waals surface area contributed by atoms with Crippen molar-refractivity contribution in [2.45, 2.75) is 0 Å². The lowest BCUT2D eigenvalue weighted by atomic mass is 10.1. The fourth-order valence-corrected chi connectivity index (χ4v) is 2.40. The van der Waals surface area contributed by atoms with Crippen molar-refractivity contribution in [3.05, 3.63) is 63.1 Å². The van der Waals surface area contributed by atoms with Crippen LogP contribution in [-0.2, 0) is 0 Å². The highest BCUT2D eigenvalue weighted by atomic mass is 35.5. The third kappa shape index (κ3) is 4.51.